The van der Waals surface area contributed by atoms with E-state index in [2.05, 4.69) is 4.98 Å². The molecule has 8 heteroatoms. The molecule has 148 valence electrons. The maximum Gasteiger partial charge on any atom is 0.260 e. The molecule has 1 amide bonds. The number of quaternary nitrogens is 1. The van der Waals surface area contributed by atoms with Crippen molar-refractivity contribution in [2.45, 2.75) is 6.42 Å². The quantitative estimate of drug-likeness (QED) is 0.656. The Balaban J connectivity index is 1.95. The Labute approximate surface area is 166 Å². The van der Waals surface area contributed by atoms with Gasteiger partial charge in [0, 0.05) is 24.6 Å². The second-order valence-electron chi connectivity index (χ2n) is 6.73. The van der Waals surface area contributed by atoms with E-state index in [0.29, 0.717) is 27.7 Å². The summed E-state index contributed by atoms with van der Waals surface area (Å²) < 4.78 is 33.1. The van der Waals surface area contributed by atoms with E-state index in [4.69, 9.17) is 4.74 Å². The van der Waals surface area contributed by atoms with Gasteiger partial charge >= 0.3 is 0 Å². The molecule has 3 rings (SSSR count). The van der Waals surface area contributed by atoms with E-state index in [1.807, 2.05) is 14.1 Å². The lowest BCUT2D eigenvalue weighted by atomic mass is 10.2. The average Bonchev–Trinajstić information content (AvgIpc) is 3.08. The summed E-state index contributed by atoms with van der Waals surface area (Å²) in [5.41, 5.74) is 0.552. The first-order valence-electron chi connectivity index (χ1n) is 8.89. The van der Waals surface area contributed by atoms with Gasteiger partial charge in [0.2, 0.25) is 0 Å². The number of carbonyl (C=O) groups excluding carboxylic acids is 1. The lowest BCUT2D eigenvalue weighted by molar-refractivity contribution is -0.858. The van der Waals surface area contributed by atoms with Crippen molar-refractivity contribution in [1.82, 2.24) is 4.98 Å². The van der Waals surface area contributed by atoms with Gasteiger partial charge in [0.25, 0.3) is 5.91 Å². The number of amides is 1. The van der Waals surface area contributed by atoms with Gasteiger partial charge < -0.3 is 9.64 Å². The minimum absolute atomic E-state index is 0.0761. The van der Waals surface area contributed by atoms with Gasteiger partial charge in [-0.05, 0) is 30.3 Å². The number of nitrogens with one attached hydrogen (secondary N) is 1. The molecule has 0 fully saturated rings. The third-order valence-electron chi connectivity index (χ3n) is 4.27. The molecular weight excluding hydrogens is 384 g/mol. The molecule has 2 aromatic carbocycles. The summed E-state index contributed by atoms with van der Waals surface area (Å²) in [6, 6.07) is 8.82. The SMILES string of the molecule is COc1ccc(C(=O)N(CCC[NH+](C)C)c2nc3c(F)cc(F)cc3s2)cc1. The molecule has 0 aliphatic rings. The fraction of sp³-hybridized carbons (Fsp3) is 0.300. The highest BCUT2D eigenvalue weighted by Gasteiger charge is 2.22. The van der Waals surface area contributed by atoms with E-state index < -0.39 is 11.6 Å². The summed E-state index contributed by atoms with van der Waals surface area (Å²) in [4.78, 5) is 20.2. The monoisotopic (exact) mass is 406 g/mol. The van der Waals surface area contributed by atoms with Crippen molar-refractivity contribution in [3.63, 3.8) is 0 Å². The van der Waals surface area contributed by atoms with Crippen molar-refractivity contribution in [1.29, 1.82) is 0 Å². The van der Waals surface area contributed by atoms with E-state index in [1.165, 1.54) is 15.9 Å². The number of hydrogen-bond acceptors (Lipinski definition) is 4. The number of anilines is 1. The van der Waals surface area contributed by atoms with Crippen molar-refractivity contribution in [2.24, 2.45) is 0 Å². The highest BCUT2D eigenvalue weighted by molar-refractivity contribution is 7.22. The standard InChI is InChI=1S/C20H21F2N3O2S/c1-24(2)9-4-10-25(19(26)13-5-7-15(27-3)8-6-13)20-23-18-16(22)11-14(21)12-17(18)28-20/h5-8,11-12H,4,9-10H2,1-3H3/p+1. The zero-order valence-electron chi connectivity index (χ0n) is 16.0. The molecule has 3 aromatic rings. The Morgan fingerprint density at radius 2 is 1.93 bits per heavy atom. The van der Waals surface area contributed by atoms with Crippen LogP contribution in [0.15, 0.2) is 36.4 Å². The predicted molar refractivity (Wildman–Crippen MR) is 107 cm³/mol. The number of hydrogen-bond donors (Lipinski definition) is 1. The summed E-state index contributed by atoms with van der Waals surface area (Å²) in [5.74, 6) is -0.982. The molecular formula is C20H22F2N3O2S+. The Morgan fingerprint density at radius 1 is 1.21 bits per heavy atom. The van der Waals surface area contributed by atoms with Crippen LogP contribution in [0.5, 0.6) is 5.75 Å². The van der Waals surface area contributed by atoms with Crippen molar-refractivity contribution in [2.75, 3.05) is 39.2 Å². The number of benzene rings is 2. The summed E-state index contributed by atoms with van der Waals surface area (Å²) in [7, 11) is 5.62. The summed E-state index contributed by atoms with van der Waals surface area (Å²) in [6.07, 6.45) is 0.747. The Bertz CT molecular complexity index is 973. The minimum atomic E-state index is -0.730. The normalized spacial score (nSPS) is 11.2. The van der Waals surface area contributed by atoms with Gasteiger partial charge in [-0.2, -0.15) is 0 Å². The van der Waals surface area contributed by atoms with Gasteiger partial charge in [0.1, 0.15) is 17.1 Å². The van der Waals surface area contributed by atoms with E-state index in [9.17, 15) is 13.6 Å². The van der Waals surface area contributed by atoms with Crippen LogP contribution >= 0.6 is 11.3 Å². The third-order valence-corrected chi connectivity index (χ3v) is 5.30. The first kappa shape index (κ1) is 20.2. The smallest absolute Gasteiger partial charge is 0.260 e. The number of methoxy groups -OCH3 is 1. The van der Waals surface area contributed by atoms with Crippen LogP contribution in [-0.2, 0) is 0 Å². The molecule has 28 heavy (non-hydrogen) atoms. The van der Waals surface area contributed by atoms with Crippen LogP contribution in [0.2, 0.25) is 0 Å². The predicted octanol–water partition coefficient (Wildman–Crippen LogP) is 2.76. The topological polar surface area (TPSA) is 46.9 Å². The number of ether oxygens (including phenoxy) is 1. The molecule has 0 spiro atoms. The lowest BCUT2D eigenvalue weighted by Gasteiger charge is -2.20. The van der Waals surface area contributed by atoms with Crippen molar-refractivity contribution in [3.05, 3.63) is 53.6 Å². The molecule has 0 atom stereocenters. The van der Waals surface area contributed by atoms with Gasteiger partial charge in [0.15, 0.2) is 10.9 Å². The number of rotatable bonds is 7. The van der Waals surface area contributed by atoms with Crippen molar-refractivity contribution >= 4 is 32.6 Å². The van der Waals surface area contributed by atoms with Crippen LogP contribution in [-0.4, -0.2) is 45.2 Å². The van der Waals surface area contributed by atoms with E-state index in [1.54, 1.807) is 31.4 Å². The maximum atomic E-state index is 14.1. The number of fused-ring (bicyclic) bond motifs is 1. The van der Waals surface area contributed by atoms with Gasteiger partial charge in [0.05, 0.1) is 32.4 Å². The number of nitrogens with zero attached hydrogens (tertiary/aromatic N) is 2. The number of carbonyl (C=O) groups is 1. The second-order valence-corrected chi connectivity index (χ2v) is 7.74. The molecule has 1 N–H and O–H groups in total. The van der Waals surface area contributed by atoms with Crippen LogP contribution in [0.25, 0.3) is 10.2 Å². The van der Waals surface area contributed by atoms with Gasteiger partial charge in [-0.25, -0.2) is 13.8 Å². The Hall–Kier alpha value is -2.58. The zero-order chi connectivity index (χ0) is 20.3. The van der Waals surface area contributed by atoms with Crippen LogP contribution in [0, 0.1) is 11.6 Å². The summed E-state index contributed by atoms with van der Waals surface area (Å²) >= 11 is 1.11. The Kier molecular flexibility index (Phi) is 6.21. The van der Waals surface area contributed by atoms with Crippen LogP contribution in [0.4, 0.5) is 13.9 Å². The number of aromatic nitrogens is 1. The molecule has 1 heterocycles. The molecule has 0 aliphatic heterocycles. The molecule has 5 nitrogen and oxygen atoms in total. The van der Waals surface area contributed by atoms with Crippen LogP contribution in [0.3, 0.4) is 0 Å². The van der Waals surface area contributed by atoms with Gasteiger partial charge in [-0.3, -0.25) is 9.69 Å². The second kappa shape index (κ2) is 8.62. The van der Waals surface area contributed by atoms with E-state index >= 15 is 0 Å². The van der Waals surface area contributed by atoms with E-state index in [-0.39, 0.29) is 11.4 Å². The first-order valence-corrected chi connectivity index (χ1v) is 9.71. The molecule has 0 aliphatic carbocycles. The van der Waals surface area contributed by atoms with Crippen molar-refractivity contribution < 1.29 is 23.2 Å². The number of halogens is 2. The highest BCUT2D eigenvalue weighted by Crippen LogP contribution is 2.32. The van der Waals surface area contributed by atoms with Crippen LogP contribution < -0.4 is 14.5 Å². The van der Waals surface area contributed by atoms with E-state index in [0.717, 1.165) is 30.4 Å². The Morgan fingerprint density at radius 3 is 2.57 bits per heavy atom. The average molecular weight is 406 g/mol. The molecule has 0 radical (unpaired) electrons. The zero-order valence-corrected chi connectivity index (χ0v) is 16.8. The molecule has 1 aromatic heterocycles. The molecule has 0 saturated carbocycles. The lowest BCUT2D eigenvalue weighted by Crippen LogP contribution is -3.05. The molecule has 0 saturated heterocycles. The maximum absolute atomic E-state index is 14.1. The number of thiazole rings is 1. The third kappa shape index (κ3) is 4.45. The molecule has 0 bridgehead atoms. The fourth-order valence-electron chi connectivity index (χ4n) is 2.83. The largest absolute Gasteiger partial charge is 0.497 e. The molecule has 0 unspecified atom stereocenters. The minimum Gasteiger partial charge on any atom is -0.497 e. The summed E-state index contributed by atoms with van der Waals surface area (Å²) in [5, 5.41) is 0.356. The highest BCUT2D eigenvalue weighted by atomic mass is 32.1. The van der Waals surface area contributed by atoms with Crippen LogP contribution in [0.1, 0.15) is 16.8 Å². The fourth-order valence-corrected chi connectivity index (χ4v) is 3.85. The van der Waals surface area contributed by atoms with Gasteiger partial charge in [-0.15, -0.1) is 0 Å². The summed E-state index contributed by atoms with van der Waals surface area (Å²) in [6.45, 7) is 1.29. The first-order chi connectivity index (χ1) is 13.4. The van der Waals surface area contributed by atoms with Crippen molar-refractivity contribution in [3.8, 4) is 5.75 Å². The van der Waals surface area contributed by atoms with Gasteiger partial charge in [-0.1, -0.05) is 11.3 Å².